The maximum absolute atomic E-state index is 12.9. The lowest BCUT2D eigenvalue weighted by molar-refractivity contribution is -0.137. The molecule has 0 atom stereocenters. The molecule has 158 valence electrons. The minimum absolute atomic E-state index is 0.00282. The van der Waals surface area contributed by atoms with Crippen molar-refractivity contribution in [2.24, 2.45) is 0 Å². The maximum Gasteiger partial charge on any atom is 0.416 e. The molecular weight excluding hydrogens is 419 g/mol. The summed E-state index contributed by atoms with van der Waals surface area (Å²) in [5.74, 6) is -0.360. The van der Waals surface area contributed by atoms with E-state index in [1.165, 1.54) is 21.9 Å². The number of anilines is 1. The number of likely N-dealkylation sites (N-methyl/N-ethyl adjacent to an activating group) is 1. The SMILES string of the molecule is CN(Cc1ccc(Cl)cc1)C(=O)C1=CCCN1C(=O)Nc1cccc(C(F)(F)F)c1. The summed E-state index contributed by atoms with van der Waals surface area (Å²) in [4.78, 5) is 28.1. The van der Waals surface area contributed by atoms with Crippen LogP contribution in [0.2, 0.25) is 5.02 Å². The highest BCUT2D eigenvalue weighted by molar-refractivity contribution is 6.30. The number of rotatable bonds is 4. The maximum atomic E-state index is 12.9. The Hall–Kier alpha value is -3.00. The molecule has 0 spiro atoms. The predicted molar refractivity (Wildman–Crippen MR) is 108 cm³/mol. The van der Waals surface area contributed by atoms with Crippen LogP contribution in [0.25, 0.3) is 0 Å². The lowest BCUT2D eigenvalue weighted by Gasteiger charge is -2.24. The van der Waals surface area contributed by atoms with E-state index in [0.717, 1.165) is 17.7 Å². The molecule has 3 amide bonds. The fourth-order valence-corrected chi connectivity index (χ4v) is 3.20. The highest BCUT2D eigenvalue weighted by Crippen LogP contribution is 2.31. The van der Waals surface area contributed by atoms with Crippen LogP contribution in [0.4, 0.5) is 23.7 Å². The second-order valence-corrected chi connectivity index (χ2v) is 7.26. The van der Waals surface area contributed by atoms with Crippen LogP contribution in [0.5, 0.6) is 0 Å². The number of alkyl halides is 3. The van der Waals surface area contributed by atoms with Gasteiger partial charge in [-0.2, -0.15) is 13.2 Å². The monoisotopic (exact) mass is 437 g/mol. The van der Waals surface area contributed by atoms with Crippen LogP contribution in [0.15, 0.2) is 60.3 Å². The van der Waals surface area contributed by atoms with Gasteiger partial charge in [0, 0.05) is 30.8 Å². The summed E-state index contributed by atoms with van der Waals surface area (Å²) in [5.41, 5.74) is 0.198. The number of urea groups is 1. The van der Waals surface area contributed by atoms with Gasteiger partial charge < -0.3 is 10.2 Å². The summed E-state index contributed by atoms with van der Waals surface area (Å²) in [6.45, 7) is 0.580. The van der Waals surface area contributed by atoms with E-state index in [1.807, 2.05) is 0 Å². The molecule has 0 unspecified atom stereocenters. The van der Waals surface area contributed by atoms with Gasteiger partial charge >= 0.3 is 12.2 Å². The molecule has 0 bridgehead atoms. The number of carbonyl (C=O) groups excluding carboxylic acids is 2. The van der Waals surface area contributed by atoms with Crippen molar-refractivity contribution < 1.29 is 22.8 Å². The summed E-state index contributed by atoms with van der Waals surface area (Å²) >= 11 is 5.87. The summed E-state index contributed by atoms with van der Waals surface area (Å²) in [5, 5.41) is 3.02. The van der Waals surface area contributed by atoms with Crippen molar-refractivity contribution in [3.05, 3.63) is 76.5 Å². The third kappa shape index (κ3) is 5.13. The number of benzene rings is 2. The van der Waals surface area contributed by atoms with Gasteiger partial charge in [-0.25, -0.2) is 4.79 Å². The molecule has 9 heteroatoms. The molecule has 0 saturated heterocycles. The normalized spacial score (nSPS) is 13.8. The first-order valence-electron chi connectivity index (χ1n) is 9.11. The number of nitrogens with one attached hydrogen (secondary N) is 1. The zero-order chi connectivity index (χ0) is 21.9. The van der Waals surface area contributed by atoms with Gasteiger partial charge in [0.05, 0.1) is 5.56 Å². The van der Waals surface area contributed by atoms with Crippen LogP contribution >= 0.6 is 11.6 Å². The summed E-state index contributed by atoms with van der Waals surface area (Å²) in [7, 11) is 1.61. The summed E-state index contributed by atoms with van der Waals surface area (Å²) in [6.07, 6.45) is -2.39. The van der Waals surface area contributed by atoms with E-state index in [0.29, 0.717) is 18.0 Å². The van der Waals surface area contributed by atoms with Crippen LogP contribution in [0.3, 0.4) is 0 Å². The summed E-state index contributed by atoms with van der Waals surface area (Å²) < 4.78 is 38.6. The molecular formula is C21H19ClF3N3O2. The lowest BCUT2D eigenvalue weighted by Crippen LogP contribution is -2.39. The van der Waals surface area contributed by atoms with Crippen molar-refractivity contribution in [1.82, 2.24) is 9.80 Å². The number of halogens is 4. The van der Waals surface area contributed by atoms with Crippen LogP contribution in [-0.4, -0.2) is 35.3 Å². The van der Waals surface area contributed by atoms with Gasteiger partial charge in [0.1, 0.15) is 5.70 Å². The third-order valence-corrected chi connectivity index (χ3v) is 4.82. The molecule has 0 radical (unpaired) electrons. The zero-order valence-corrected chi connectivity index (χ0v) is 16.8. The van der Waals surface area contributed by atoms with E-state index in [4.69, 9.17) is 11.6 Å². The smallest absolute Gasteiger partial charge is 0.336 e. The first kappa shape index (κ1) is 21.7. The first-order chi connectivity index (χ1) is 14.1. The van der Waals surface area contributed by atoms with E-state index in [-0.39, 0.29) is 23.8 Å². The molecule has 1 aliphatic heterocycles. The molecule has 3 rings (SSSR count). The molecule has 1 aliphatic rings. The molecule has 1 heterocycles. The minimum Gasteiger partial charge on any atom is -0.336 e. The number of amides is 3. The Bertz CT molecular complexity index is 974. The van der Waals surface area contributed by atoms with Crippen molar-refractivity contribution in [2.75, 3.05) is 18.9 Å². The van der Waals surface area contributed by atoms with Gasteiger partial charge in [-0.1, -0.05) is 35.9 Å². The Morgan fingerprint density at radius 3 is 2.53 bits per heavy atom. The molecule has 0 aromatic heterocycles. The highest BCUT2D eigenvalue weighted by Gasteiger charge is 2.32. The second-order valence-electron chi connectivity index (χ2n) is 6.83. The van der Waals surface area contributed by atoms with E-state index in [1.54, 1.807) is 37.4 Å². The average molecular weight is 438 g/mol. The number of hydrogen-bond donors (Lipinski definition) is 1. The average Bonchev–Trinajstić information content (AvgIpc) is 3.18. The van der Waals surface area contributed by atoms with E-state index >= 15 is 0 Å². The Morgan fingerprint density at radius 2 is 1.87 bits per heavy atom. The van der Waals surface area contributed by atoms with Gasteiger partial charge in [0.15, 0.2) is 0 Å². The van der Waals surface area contributed by atoms with Crippen LogP contribution in [0, 0.1) is 0 Å². The number of carbonyl (C=O) groups is 2. The molecule has 2 aromatic rings. The molecule has 1 N–H and O–H groups in total. The van der Waals surface area contributed by atoms with Crippen LogP contribution in [0.1, 0.15) is 17.5 Å². The Morgan fingerprint density at radius 1 is 1.17 bits per heavy atom. The highest BCUT2D eigenvalue weighted by atomic mass is 35.5. The fraction of sp³-hybridized carbons (Fsp3) is 0.238. The molecule has 0 fully saturated rings. The van der Waals surface area contributed by atoms with Crippen LogP contribution < -0.4 is 5.32 Å². The summed E-state index contributed by atoms with van der Waals surface area (Å²) in [6, 6.07) is 10.7. The van der Waals surface area contributed by atoms with Crippen molar-refractivity contribution in [1.29, 1.82) is 0 Å². The Kier molecular flexibility index (Phi) is 6.36. The lowest BCUT2D eigenvalue weighted by atomic mass is 10.2. The van der Waals surface area contributed by atoms with E-state index in [2.05, 4.69) is 5.32 Å². The second kappa shape index (κ2) is 8.79. The standard InChI is InChI=1S/C21H19ClF3N3O2/c1-27(13-14-7-9-16(22)10-8-14)19(29)18-6-3-11-28(18)20(30)26-17-5-2-4-15(12-17)21(23,24)25/h2,4-10,12H,3,11,13H2,1H3,(H,26,30). The van der Waals surface area contributed by atoms with Crippen molar-refractivity contribution in [3.8, 4) is 0 Å². The molecule has 30 heavy (non-hydrogen) atoms. The van der Waals surface area contributed by atoms with Crippen molar-refractivity contribution in [3.63, 3.8) is 0 Å². The topological polar surface area (TPSA) is 52.7 Å². The molecule has 2 aromatic carbocycles. The van der Waals surface area contributed by atoms with Gasteiger partial charge in [0.25, 0.3) is 5.91 Å². The number of nitrogens with zero attached hydrogens (tertiary/aromatic N) is 2. The van der Waals surface area contributed by atoms with Gasteiger partial charge in [-0.15, -0.1) is 0 Å². The molecule has 5 nitrogen and oxygen atoms in total. The fourth-order valence-electron chi connectivity index (χ4n) is 3.07. The first-order valence-corrected chi connectivity index (χ1v) is 9.49. The number of hydrogen-bond acceptors (Lipinski definition) is 2. The zero-order valence-electron chi connectivity index (χ0n) is 16.0. The molecule has 0 aliphatic carbocycles. The minimum atomic E-state index is -4.51. The van der Waals surface area contributed by atoms with E-state index < -0.39 is 17.8 Å². The van der Waals surface area contributed by atoms with Crippen molar-refractivity contribution in [2.45, 2.75) is 19.1 Å². The quantitative estimate of drug-likeness (QED) is 0.720. The van der Waals surface area contributed by atoms with Gasteiger partial charge in [-0.3, -0.25) is 9.69 Å². The predicted octanol–water partition coefficient (Wildman–Crippen LogP) is 5.14. The largest absolute Gasteiger partial charge is 0.416 e. The Labute approximate surface area is 176 Å². The van der Waals surface area contributed by atoms with Gasteiger partial charge in [0.2, 0.25) is 0 Å². The third-order valence-electron chi connectivity index (χ3n) is 4.57. The van der Waals surface area contributed by atoms with E-state index in [9.17, 15) is 22.8 Å². The van der Waals surface area contributed by atoms with Crippen molar-refractivity contribution >= 4 is 29.2 Å². The van der Waals surface area contributed by atoms with Crippen LogP contribution in [-0.2, 0) is 17.5 Å². The Balaban J connectivity index is 1.68. The molecule has 0 saturated carbocycles. The van der Waals surface area contributed by atoms with Gasteiger partial charge in [-0.05, 0) is 42.3 Å².